The van der Waals surface area contributed by atoms with E-state index in [1.165, 1.54) is 0 Å². The Balaban J connectivity index is 1.78. The van der Waals surface area contributed by atoms with Crippen LogP contribution < -0.4 is 10.2 Å². The van der Waals surface area contributed by atoms with Crippen molar-refractivity contribution < 1.29 is 22.7 Å². The minimum atomic E-state index is -4.31. The first kappa shape index (κ1) is 12.2. The minimum absolute atomic E-state index is 0.0273. The maximum Gasteiger partial charge on any atom is 0.413 e. The molecule has 1 N–H and O–H groups in total. The molecule has 1 aromatic carbocycles. The lowest BCUT2D eigenvalue weighted by molar-refractivity contribution is -0.189. The second-order valence-corrected chi connectivity index (χ2v) is 3.80. The van der Waals surface area contributed by atoms with E-state index in [1.54, 1.807) is 0 Å². The van der Waals surface area contributed by atoms with Crippen LogP contribution in [0, 0.1) is 0 Å². The molecule has 0 saturated heterocycles. The highest BCUT2D eigenvalue weighted by Crippen LogP contribution is 2.32. The first-order valence-corrected chi connectivity index (χ1v) is 5.19. The summed E-state index contributed by atoms with van der Waals surface area (Å²) in [4.78, 5) is 4.34. The molecular formula is C11H12F3NO2. The molecule has 0 fully saturated rings. The van der Waals surface area contributed by atoms with Gasteiger partial charge in [0.2, 0.25) is 0 Å². The van der Waals surface area contributed by atoms with Crippen LogP contribution in [0.2, 0.25) is 0 Å². The Morgan fingerprint density at radius 1 is 1.35 bits per heavy atom. The second-order valence-electron chi connectivity index (χ2n) is 3.80. The average molecular weight is 247 g/mol. The number of rotatable bonds is 4. The third kappa shape index (κ3) is 3.34. The van der Waals surface area contributed by atoms with Gasteiger partial charge in [-0.05, 0) is 6.07 Å². The first-order valence-electron chi connectivity index (χ1n) is 5.19. The summed E-state index contributed by atoms with van der Waals surface area (Å²) < 4.78 is 40.8. The summed E-state index contributed by atoms with van der Waals surface area (Å²) in [6.07, 6.45) is -4.31. The summed E-state index contributed by atoms with van der Waals surface area (Å²) >= 11 is 0. The van der Waals surface area contributed by atoms with Gasteiger partial charge < -0.3 is 4.74 Å². The molecule has 2 rings (SSSR count). The maximum atomic E-state index is 11.8. The van der Waals surface area contributed by atoms with Gasteiger partial charge in [-0.25, -0.2) is 5.48 Å². The zero-order chi connectivity index (χ0) is 12.3. The number of halogens is 3. The summed E-state index contributed by atoms with van der Waals surface area (Å²) in [7, 11) is 0. The fraction of sp³-hybridized carbons (Fsp3) is 0.455. The quantitative estimate of drug-likeness (QED) is 0.654. The highest BCUT2D eigenvalue weighted by atomic mass is 19.4. The first-order chi connectivity index (χ1) is 8.06. The summed E-state index contributed by atoms with van der Waals surface area (Å²) in [5, 5.41) is 0. The molecule has 0 amide bonds. The van der Waals surface area contributed by atoms with Gasteiger partial charge in [-0.2, -0.15) is 13.2 Å². The largest absolute Gasteiger partial charge is 0.493 e. The molecule has 1 heterocycles. The van der Waals surface area contributed by atoms with Crippen LogP contribution in [0.15, 0.2) is 24.3 Å². The Hall–Kier alpha value is -1.27. The Bertz CT molecular complexity index is 381. The van der Waals surface area contributed by atoms with Gasteiger partial charge in [0.05, 0.1) is 6.61 Å². The van der Waals surface area contributed by atoms with Gasteiger partial charge in [0, 0.05) is 18.0 Å². The lowest BCUT2D eigenvalue weighted by atomic mass is 10.0. The monoisotopic (exact) mass is 247 g/mol. The molecule has 1 unspecified atom stereocenters. The van der Waals surface area contributed by atoms with E-state index >= 15 is 0 Å². The highest BCUT2D eigenvalue weighted by molar-refractivity contribution is 5.39. The van der Waals surface area contributed by atoms with Gasteiger partial charge in [0.25, 0.3) is 0 Å². The van der Waals surface area contributed by atoms with Crippen molar-refractivity contribution in [1.82, 2.24) is 5.48 Å². The topological polar surface area (TPSA) is 30.5 Å². The van der Waals surface area contributed by atoms with E-state index in [2.05, 4.69) is 10.3 Å². The third-order valence-electron chi connectivity index (χ3n) is 2.47. The molecule has 0 radical (unpaired) electrons. The van der Waals surface area contributed by atoms with Crippen LogP contribution in [0.4, 0.5) is 13.2 Å². The van der Waals surface area contributed by atoms with Crippen LogP contribution in [0.5, 0.6) is 5.75 Å². The molecule has 0 spiro atoms. The van der Waals surface area contributed by atoms with Crippen molar-refractivity contribution in [1.29, 1.82) is 0 Å². The van der Waals surface area contributed by atoms with E-state index < -0.39 is 12.8 Å². The smallest absolute Gasteiger partial charge is 0.413 e. The van der Waals surface area contributed by atoms with Crippen LogP contribution in [-0.2, 0) is 4.84 Å². The predicted molar refractivity (Wildman–Crippen MR) is 54.7 cm³/mol. The fourth-order valence-corrected chi connectivity index (χ4v) is 1.69. The molecule has 1 aliphatic rings. The lowest BCUT2D eigenvalue weighted by Crippen LogP contribution is -2.28. The predicted octanol–water partition coefficient (Wildman–Crippen LogP) is 2.25. The number of alkyl halides is 3. The van der Waals surface area contributed by atoms with Gasteiger partial charge in [-0.1, -0.05) is 18.2 Å². The molecule has 17 heavy (non-hydrogen) atoms. The highest BCUT2D eigenvalue weighted by Gasteiger charge is 2.28. The van der Waals surface area contributed by atoms with Crippen LogP contribution in [0.1, 0.15) is 11.5 Å². The molecule has 1 aliphatic heterocycles. The minimum Gasteiger partial charge on any atom is -0.493 e. The van der Waals surface area contributed by atoms with Gasteiger partial charge in [0.1, 0.15) is 5.75 Å². The number of ether oxygens (including phenoxy) is 1. The van der Waals surface area contributed by atoms with E-state index in [0.29, 0.717) is 13.2 Å². The van der Waals surface area contributed by atoms with Crippen molar-refractivity contribution in [2.75, 3.05) is 19.8 Å². The molecule has 94 valence electrons. The number of hydrogen-bond acceptors (Lipinski definition) is 3. The Morgan fingerprint density at radius 3 is 2.88 bits per heavy atom. The summed E-state index contributed by atoms with van der Waals surface area (Å²) in [6, 6.07) is 7.47. The van der Waals surface area contributed by atoms with Crippen molar-refractivity contribution >= 4 is 0 Å². The molecular weight excluding hydrogens is 235 g/mol. The van der Waals surface area contributed by atoms with E-state index in [9.17, 15) is 13.2 Å². The summed E-state index contributed by atoms with van der Waals surface area (Å²) in [5.74, 6) is 0.814. The molecule has 0 saturated carbocycles. The Kier molecular flexibility index (Phi) is 3.54. The molecule has 3 nitrogen and oxygen atoms in total. The zero-order valence-electron chi connectivity index (χ0n) is 8.96. The van der Waals surface area contributed by atoms with Crippen molar-refractivity contribution in [3.05, 3.63) is 29.8 Å². The maximum absolute atomic E-state index is 11.8. The molecule has 0 bridgehead atoms. The van der Waals surface area contributed by atoms with Crippen LogP contribution in [-0.4, -0.2) is 25.9 Å². The van der Waals surface area contributed by atoms with Gasteiger partial charge in [0.15, 0.2) is 6.61 Å². The number of hydroxylamine groups is 1. The van der Waals surface area contributed by atoms with Crippen LogP contribution >= 0.6 is 0 Å². The zero-order valence-corrected chi connectivity index (χ0v) is 8.96. The standard InChI is InChI=1S/C11H12F3NO2/c12-11(13,14)7-17-15-5-8-6-16-10-4-2-1-3-9(8)10/h1-4,8,15H,5-7H2. The lowest BCUT2D eigenvalue weighted by Gasteiger charge is -2.11. The van der Waals surface area contributed by atoms with Crippen molar-refractivity contribution in [3.63, 3.8) is 0 Å². The second kappa shape index (κ2) is 4.93. The van der Waals surface area contributed by atoms with E-state index in [0.717, 1.165) is 11.3 Å². The average Bonchev–Trinajstić information content (AvgIpc) is 2.67. The van der Waals surface area contributed by atoms with Crippen molar-refractivity contribution in [2.24, 2.45) is 0 Å². The van der Waals surface area contributed by atoms with Crippen molar-refractivity contribution in [3.8, 4) is 5.75 Å². The summed E-state index contributed by atoms with van der Waals surface area (Å²) in [5.41, 5.74) is 3.32. The van der Waals surface area contributed by atoms with Crippen LogP contribution in [0.3, 0.4) is 0 Å². The molecule has 6 heteroatoms. The van der Waals surface area contributed by atoms with Gasteiger partial charge in [-0.15, -0.1) is 0 Å². The van der Waals surface area contributed by atoms with Crippen LogP contribution in [0.25, 0.3) is 0 Å². The molecule has 1 atom stereocenters. The van der Waals surface area contributed by atoms with E-state index in [4.69, 9.17) is 4.74 Å². The fourth-order valence-electron chi connectivity index (χ4n) is 1.69. The van der Waals surface area contributed by atoms with Gasteiger partial charge >= 0.3 is 6.18 Å². The summed E-state index contributed by atoms with van der Waals surface area (Å²) in [6.45, 7) is -0.531. The third-order valence-corrected chi connectivity index (χ3v) is 2.47. The molecule has 0 aromatic heterocycles. The SMILES string of the molecule is FC(F)(F)CONCC1COc2ccccc21. The number of benzene rings is 1. The van der Waals surface area contributed by atoms with E-state index in [1.807, 2.05) is 24.3 Å². The molecule has 0 aliphatic carbocycles. The Labute approximate surface area is 96.5 Å². The molecule has 1 aromatic rings. The number of fused-ring (bicyclic) bond motifs is 1. The van der Waals surface area contributed by atoms with Crippen molar-refractivity contribution in [2.45, 2.75) is 12.1 Å². The normalized spacial score (nSPS) is 18.9. The number of nitrogens with one attached hydrogen (secondary N) is 1. The number of hydrogen-bond donors (Lipinski definition) is 1. The number of para-hydroxylation sites is 1. The van der Waals surface area contributed by atoms with E-state index in [-0.39, 0.29) is 5.92 Å². The Morgan fingerprint density at radius 2 is 2.12 bits per heavy atom. The van der Waals surface area contributed by atoms with Gasteiger partial charge in [-0.3, -0.25) is 4.84 Å².